The van der Waals surface area contributed by atoms with Crippen LogP contribution in [-0.2, 0) is 4.74 Å². The molecule has 0 unspecified atom stereocenters. The first kappa shape index (κ1) is 17.9. The Morgan fingerprint density at radius 3 is 2.85 bits per heavy atom. The number of fused-ring (bicyclic) bond motifs is 1. The van der Waals surface area contributed by atoms with Gasteiger partial charge in [-0.3, -0.25) is 9.55 Å². The number of anilines is 1. The fraction of sp³-hybridized carbons (Fsp3) is 0.450. The summed E-state index contributed by atoms with van der Waals surface area (Å²) >= 11 is 0. The molecule has 0 bridgehead atoms. The summed E-state index contributed by atoms with van der Waals surface area (Å²) < 4.78 is 7.58. The molecule has 0 spiro atoms. The van der Waals surface area contributed by atoms with Gasteiger partial charge in [-0.05, 0) is 31.5 Å². The van der Waals surface area contributed by atoms with E-state index < -0.39 is 0 Å². The predicted molar refractivity (Wildman–Crippen MR) is 106 cm³/mol. The summed E-state index contributed by atoms with van der Waals surface area (Å²) in [6, 6.07) is 4.00. The maximum atomic E-state index is 5.43. The van der Waals surface area contributed by atoms with Gasteiger partial charge in [-0.25, -0.2) is 9.97 Å². The minimum Gasteiger partial charge on any atom is -0.370 e. The van der Waals surface area contributed by atoms with Crippen LogP contribution in [0.3, 0.4) is 0 Å². The third-order valence-electron chi connectivity index (χ3n) is 5.40. The molecule has 0 radical (unpaired) electrons. The highest BCUT2D eigenvalue weighted by atomic mass is 16.5. The second-order valence-electron chi connectivity index (χ2n) is 7.07. The molecule has 4 heterocycles. The summed E-state index contributed by atoms with van der Waals surface area (Å²) in [5.74, 6) is 0.917. The van der Waals surface area contributed by atoms with E-state index in [1.807, 2.05) is 12.3 Å². The standard InChI is InChI=1S/C20H26N6O/c1-15-16(2)26(17-5-3-6-21-13-17)20-18(15)19(23-14-24-20)22-7-4-8-25-9-11-27-12-10-25/h3,5-6,13-14H,4,7-12H2,1-2H3,(H,22,23,24)/p+1. The van der Waals surface area contributed by atoms with Gasteiger partial charge in [-0.1, -0.05) is 0 Å². The van der Waals surface area contributed by atoms with Gasteiger partial charge in [0.1, 0.15) is 25.2 Å². The van der Waals surface area contributed by atoms with Crippen molar-refractivity contribution in [3.63, 3.8) is 0 Å². The minimum absolute atomic E-state index is 0.885. The number of rotatable bonds is 6. The molecule has 142 valence electrons. The van der Waals surface area contributed by atoms with Crippen molar-refractivity contribution in [1.29, 1.82) is 0 Å². The number of nitrogens with one attached hydrogen (secondary N) is 2. The van der Waals surface area contributed by atoms with Gasteiger partial charge in [-0.2, -0.15) is 0 Å². The average Bonchev–Trinajstić information content (AvgIpc) is 2.98. The van der Waals surface area contributed by atoms with Crippen LogP contribution in [0.15, 0.2) is 30.9 Å². The van der Waals surface area contributed by atoms with E-state index in [2.05, 4.69) is 44.7 Å². The second-order valence-corrected chi connectivity index (χ2v) is 7.07. The molecule has 2 N–H and O–H groups in total. The summed E-state index contributed by atoms with van der Waals surface area (Å²) in [5.41, 5.74) is 4.32. The molecule has 27 heavy (non-hydrogen) atoms. The highest BCUT2D eigenvalue weighted by Gasteiger charge is 2.18. The van der Waals surface area contributed by atoms with Gasteiger partial charge in [0, 0.05) is 24.9 Å². The molecular formula is C20H27N6O+. The summed E-state index contributed by atoms with van der Waals surface area (Å²) in [7, 11) is 0. The van der Waals surface area contributed by atoms with Crippen molar-refractivity contribution in [2.24, 2.45) is 0 Å². The smallest absolute Gasteiger partial charge is 0.150 e. The molecule has 3 aromatic heterocycles. The number of quaternary nitrogens is 1. The topological polar surface area (TPSA) is 69.3 Å². The van der Waals surface area contributed by atoms with Crippen LogP contribution in [-0.4, -0.2) is 58.9 Å². The molecular weight excluding hydrogens is 340 g/mol. The molecule has 1 fully saturated rings. The van der Waals surface area contributed by atoms with E-state index in [1.165, 1.54) is 17.8 Å². The lowest BCUT2D eigenvalue weighted by molar-refractivity contribution is -0.908. The molecule has 1 aliphatic heterocycles. The lowest BCUT2D eigenvalue weighted by Gasteiger charge is -2.23. The van der Waals surface area contributed by atoms with Gasteiger partial charge in [0.15, 0.2) is 5.65 Å². The highest BCUT2D eigenvalue weighted by molar-refractivity contribution is 5.93. The Morgan fingerprint density at radius 2 is 2.07 bits per heavy atom. The second kappa shape index (κ2) is 8.02. The maximum absolute atomic E-state index is 5.43. The first-order valence-electron chi connectivity index (χ1n) is 9.64. The fourth-order valence-corrected chi connectivity index (χ4v) is 3.79. The molecule has 1 aliphatic rings. The molecule has 0 amide bonds. The first-order valence-corrected chi connectivity index (χ1v) is 9.64. The van der Waals surface area contributed by atoms with E-state index in [4.69, 9.17) is 4.74 Å². The number of hydrogen-bond donors (Lipinski definition) is 2. The summed E-state index contributed by atoms with van der Waals surface area (Å²) in [5, 5.41) is 4.63. The van der Waals surface area contributed by atoms with Gasteiger partial charge in [0.25, 0.3) is 0 Å². The van der Waals surface area contributed by atoms with Crippen LogP contribution in [0.2, 0.25) is 0 Å². The van der Waals surface area contributed by atoms with Crippen LogP contribution < -0.4 is 10.2 Å². The quantitative estimate of drug-likeness (QED) is 0.640. The zero-order valence-corrected chi connectivity index (χ0v) is 16.0. The minimum atomic E-state index is 0.885. The van der Waals surface area contributed by atoms with Crippen LogP contribution in [0.1, 0.15) is 17.7 Å². The van der Waals surface area contributed by atoms with Crippen LogP contribution in [0.25, 0.3) is 16.7 Å². The van der Waals surface area contributed by atoms with Crippen molar-refractivity contribution in [3.05, 3.63) is 42.1 Å². The van der Waals surface area contributed by atoms with E-state index in [9.17, 15) is 0 Å². The Bertz CT molecular complexity index is 902. The van der Waals surface area contributed by atoms with Gasteiger partial charge in [0.05, 0.1) is 37.0 Å². The normalized spacial score (nSPS) is 15.3. The number of hydrogen-bond acceptors (Lipinski definition) is 5. The van der Waals surface area contributed by atoms with Crippen molar-refractivity contribution in [2.45, 2.75) is 20.3 Å². The van der Waals surface area contributed by atoms with Crippen molar-refractivity contribution >= 4 is 16.9 Å². The molecule has 7 nitrogen and oxygen atoms in total. The lowest BCUT2D eigenvalue weighted by atomic mass is 10.2. The largest absolute Gasteiger partial charge is 0.370 e. The monoisotopic (exact) mass is 367 g/mol. The van der Waals surface area contributed by atoms with Crippen molar-refractivity contribution in [1.82, 2.24) is 19.5 Å². The lowest BCUT2D eigenvalue weighted by Crippen LogP contribution is -3.14. The van der Waals surface area contributed by atoms with Crippen LogP contribution in [0.4, 0.5) is 5.82 Å². The Morgan fingerprint density at radius 1 is 1.22 bits per heavy atom. The summed E-state index contributed by atoms with van der Waals surface area (Å²) in [6.45, 7) is 10.3. The van der Waals surface area contributed by atoms with E-state index in [-0.39, 0.29) is 0 Å². The molecule has 1 saturated heterocycles. The molecule has 7 heteroatoms. The Labute approximate surface area is 159 Å². The predicted octanol–water partition coefficient (Wildman–Crippen LogP) is 1.15. The summed E-state index contributed by atoms with van der Waals surface area (Å²) in [6.07, 6.45) is 6.41. The number of nitrogens with zero attached hydrogens (tertiary/aromatic N) is 4. The fourth-order valence-electron chi connectivity index (χ4n) is 3.79. The van der Waals surface area contributed by atoms with Crippen molar-refractivity contribution in [3.8, 4) is 5.69 Å². The number of morpholine rings is 1. The van der Waals surface area contributed by atoms with Gasteiger partial charge in [-0.15, -0.1) is 0 Å². The van der Waals surface area contributed by atoms with E-state index in [1.54, 1.807) is 17.4 Å². The molecule has 4 rings (SSSR count). The highest BCUT2D eigenvalue weighted by Crippen LogP contribution is 2.30. The zero-order valence-electron chi connectivity index (χ0n) is 16.0. The number of pyridine rings is 1. The molecule has 0 aliphatic carbocycles. The Hall–Kier alpha value is -2.51. The van der Waals surface area contributed by atoms with Crippen LogP contribution >= 0.6 is 0 Å². The average molecular weight is 367 g/mol. The molecule has 0 saturated carbocycles. The van der Waals surface area contributed by atoms with E-state index in [0.29, 0.717) is 0 Å². The van der Waals surface area contributed by atoms with Gasteiger partial charge >= 0.3 is 0 Å². The number of ether oxygens (including phenoxy) is 1. The molecule has 0 aromatic carbocycles. The SMILES string of the molecule is Cc1c(C)n(-c2cccnc2)c2ncnc(NCCC[NH+]3CCOCC3)c12. The maximum Gasteiger partial charge on any atom is 0.150 e. The van der Waals surface area contributed by atoms with Crippen molar-refractivity contribution < 1.29 is 9.64 Å². The first-order chi connectivity index (χ1) is 13.3. The van der Waals surface area contributed by atoms with E-state index >= 15 is 0 Å². The van der Waals surface area contributed by atoms with Gasteiger partial charge < -0.3 is 15.0 Å². The van der Waals surface area contributed by atoms with E-state index in [0.717, 1.165) is 61.8 Å². The summed E-state index contributed by atoms with van der Waals surface area (Å²) in [4.78, 5) is 15.0. The molecule has 3 aromatic rings. The Kier molecular flexibility index (Phi) is 5.31. The zero-order chi connectivity index (χ0) is 18.6. The number of aromatic nitrogens is 4. The van der Waals surface area contributed by atoms with Crippen molar-refractivity contribution in [2.75, 3.05) is 44.7 Å². The Balaban J connectivity index is 1.53. The van der Waals surface area contributed by atoms with Crippen LogP contribution in [0, 0.1) is 13.8 Å². The third-order valence-corrected chi connectivity index (χ3v) is 5.40. The molecule has 0 atom stereocenters. The van der Waals surface area contributed by atoms with Crippen LogP contribution in [0.5, 0.6) is 0 Å². The third kappa shape index (κ3) is 3.65. The van der Waals surface area contributed by atoms with Gasteiger partial charge in [0.2, 0.25) is 0 Å². The number of aryl methyl sites for hydroxylation is 1.